The molecule has 158 valence electrons. The van der Waals surface area contributed by atoms with Crippen LogP contribution in [0.1, 0.15) is 25.7 Å². The van der Waals surface area contributed by atoms with Crippen molar-refractivity contribution in [1.82, 2.24) is 4.90 Å². The average Bonchev–Trinajstić information content (AvgIpc) is 3.00. The number of carbonyl (C=O) groups excluding carboxylic acids is 2. The van der Waals surface area contributed by atoms with Crippen molar-refractivity contribution in [3.05, 3.63) is 24.3 Å². The molecule has 29 heavy (non-hydrogen) atoms. The first-order valence-electron chi connectivity index (χ1n) is 10.9. The second kappa shape index (κ2) is 9.13. The van der Waals surface area contributed by atoms with Crippen molar-refractivity contribution in [2.75, 3.05) is 53.1 Å². The summed E-state index contributed by atoms with van der Waals surface area (Å²) in [5.74, 6) is 1.82. The van der Waals surface area contributed by atoms with Crippen LogP contribution in [0.15, 0.2) is 24.3 Å². The maximum atomic E-state index is 12.7. The zero-order chi connectivity index (χ0) is 20.2. The molecule has 0 aromatic heterocycles. The molecule has 3 fully saturated rings. The van der Waals surface area contributed by atoms with Gasteiger partial charge in [0, 0.05) is 0 Å². The average molecular weight is 404 g/mol. The van der Waals surface area contributed by atoms with E-state index in [0.717, 1.165) is 69.9 Å². The second-order valence-electron chi connectivity index (χ2n) is 8.53. The largest absolute Gasteiger partial charge is 0.497 e. The van der Waals surface area contributed by atoms with Crippen LogP contribution in [0.5, 0.6) is 11.5 Å². The summed E-state index contributed by atoms with van der Waals surface area (Å²) in [6.45, 7) is 6.28. The molecule has 4 rings (SSSR count). The number of rotatable bonds is 7. The Morgan fingerprint density at radius 1 is 0.897 bits per heavy atom. The predicted molar refractivity (Wildman–Crippen MR) is 107 cm³/mol. The van der Waals surface area contributed by atoms with Crippen LogP contribution in [0.25, 0.3) is 0 Å². The van der Waals surface area contributed by atoms with E-state index in [1.165, 1.54) is 9.80 Å². The third kappa shape index (κ3) is 4.56. The Hall–Kier alpha value is -2.12. The van der Waals surface area contributed by atoms with Crippen LogP contribution in [0, 0.1) is 11.8 Å². The van der Waals surface area contributed by atoms with E-state index in [1.54, 1.807) is 12.0 Å². The topological polar surface area (TPSA) is 64.7 Å². The SMILES string of the molecule is COc1ccc(OCC[NH+]2CC[NH+](CN3C(=O)[C@H]4CCCC[C@@H]4C3=O)CC2)cc1. The number of carbonyl (C=O) groups is 2. The third-order valence-corrected chi connectivity index (χ3v) is 6.76. The number of likely N-dealkylation sites (tertiary alicyclic amines) is 1. The van der Waals surface area contributed by atoms with Gasteiger partial charge in [-0.1, -0.05) is 12.8 Å². The summed E-state index contributed by atoms with van der Waals surface area (Å²) >= 11 is 0. The summed E-state index contributed by atoms with van der Waals surface area (Å²) < 4.78 is 11.0. The summed E-state index contributed by atoms with van der Waals surface area (Å²) in [6.07, 6.45) is 3.96. The van der Waals surface area contributed by atoms with Gasteiger partial charge in [0.1, 0.15) is 50.8 Å². The number of nitrogens with zero attached hydrogens (tertiary/aromatic N) is 1. The molecule has 2 amide bonds. The summed E-state index contributed by atoms with van der Waals surface area (Å²) in [5, 5.41) is 0. The van der Waals surface area contributed by atoms with Gasteiger partial charge in [0.2, 0.25) is 11.8 Å². The summed E-state index contributed by atoms with van der Waals surface area (Å²) in [7, 11) is 1.66. The molecule has 0 spiro atoms. The minimum Gasteiger partial charge on any atom is -0.497 e. The van der Waals surface area contributed by atoms with Crippen LogP contribution >= 0.6 is 0 Å². The highest BCUT2D eigenvalue weighted by Gasteiger charge is 2.49. The van der Waals surface area contributed by atoms with E-state index in [-0.39, 0.29) is 23.7 Å². The van der Waals surface area contributed by atoms with E-state index >= 15 is 0 Å². The van der Waals surface area contributed by atoms with Crippen molar-refractivity contribution in [1.29, 1.82) is 0 Å². The fourth-order valence-electron chi connectivity index (χ4n) is 4.96. The van der Waals surface area contributed by atoms with E-state index in [4.69, 9.17) is 9.47 Å². The highest BCUT2D eigenvalue weighted by Crippen LogP contribution is 2.37. The Labute approximate surface area is 172 Å². The summed E-state index contributed by atoms with van der Waals surface area (Å²) in [6, 6.07) is 7.67. The molecule has 1 aliphatic carbocycles. The Balaban J connectivity index is 1.18. The molecule has 1 aromatic rings. The van der Waals surface area contributed by atoms with Crippen LogP contribution in [0.4, 0.5) is 0 Å². The highest BCUT2D eigenvalue weighted by molar-refractivity contribution is 6.05. The van der Waals surface area contributed by atoms with Crippen LogP contribution in [0.3, 0.4) is 0 Å². The van der Waals surface area contributed by atoms with Gasteiger partial charge in [0.05, 0.1) is 18.9 Å². The zero-order valence-electron chi connectivity index (χ0n) is 17.3. The molecule has 2 saturated heterocycles. The normalized spacial score (nSPS) is 29.6. The molecule has 1 saturated carbocycles. The lowest BCUT2D eigenvalue weighted by atomic mass is 9.81. The Kier molecular flexibility index (Phi) is 6.35. The maximum Gasteiger partial charge on any atom is 0.237 e. The number of quaternary nitrogens is 2. The van der Waals surface area contributed by atoms with Crippen LogP contribution in [-0.4, -0.2) is 69.8 Å². The van der Waals surface area contributed by atoms with Crippen LogP contribution in [0.2, 0.25) is 0 Å². The van der Waals surface area contributed by atoms with Gasteiger partial charge in [-0.15, -0.1) is 0 Å². The molecule has 3 aliphatic rings. The molecule has 0 unspecified atom stereocenters. The van der Waals surface area contributed by atoms with Gasteiger partial charge < -0.3 is 19.3 Å². The highest BCUT2D eigenvalue weighted by atomic mass is 16.5. The first-order chi connectivity index (χ1) is 14.2. The van der Waals surface area contributed by atoms with Gasteiger partial charge in [-0.05, 0) is 37.1 Å². The number of methoxy groups -OCH3 is 1. The van der Waals surface area contributed by atoms with E-state index in [2.05, 4.69) is 0 Å². The zero-order valence-corrected chi connectivity index (χ0v) is 17.3. The Morgan fingerprint density at radius 3 is 2.03 bits per heavy atom. The number of benzene rings is 1. The van der Waals surface area contributed by atoms with Gasteiger partial charge in [-0.2, -0.15) is 0 Å². The lowest BCUT2D eigenvalue weighted by Gasteiger charge is -2.31. The number of amides is 2. The third-order valence-electron chi connectivity index (χ3n) is 6.76. The van der Waals surface area contributed by atoms with E-state index in [1.807, 2.05) is 24.3 Å². The smallest absolute Gasteiger partial charge is 0.237 e. The summed E-state index contributed by atoms with van der Waals surface area (Å²) in [5.41, 5.74) is 0. The van der Waals surface area contributed by atoms with Gasteiger partial charge in [-0.25, -0.2) is 4.90 Å². The van der Waals surface area contributed by atoms with E-state index in [9.17, 15) is 9.59 Å². The number of hydrogen-bond acceptors (Lipinski definition) is 4. The minimum absolute atomic E-state index is 0.0299. The monoisotopic (exact) mass is 403 g/mol. The van der Waals surface area contributed by atoms with Gasteiger partial charge in [0.25, 0.3) is 0 Å². The quantitative estimate of drug-likeness (QED) is 0.573. The first-order valence-corrected chi connectivity index (χ1v) is 10.9. The molecular formula is C22H33N3O4+2. The standard InChI is InChI=1S/C22H31N3O4/c1-28-17-6-8-18(9-7-17)29-15-14-23-10-12-24(13-11-23)16-25-21(26)19-4-2-3-5-20(19)22(25)27/h6-9,19-20H,2-5,10-16H2,1H3/p+2/t19-,20-/m0/s1. The van der Waals surface area contributed by atoms with Crippen LogP contribution < -0.4 is 19.3 Å². The molecule has 2 heterocycles. The number of nitrogens with one attached hydrogen (secondary N) is 2. The number of hydrogen-bond donors (Lipinski definition) is 2. The predicted octanol–water partition coefficient (Wildman–Crippen LogP) is -1.01. The van der Waals surface area contributed by atoms with Gasteiger partial charge in [0.15, 0.2) is 6.67 Å². The van der Waals surface area contributed by atoms with Crippen LogP contribution in [-0.2, 0) is 9.59 Å². The molecule has 2 atom stereocenters. The number of piperazine rings is 1. The van der Waals surface area contributed by atoms with Crippen molar-refractivity contribution in [2.45, 2.75) is 25.7 Å². The fraction of sp³-hybridized carbons (Fsp3) is 0.636. The van der Waals surface area contributed by atoms with Crippen molar-refractivity contribution < 1.29 is 28.9 Å². The molecule has 7 heteroatoms. The minimum atomic E-state index is -0.0299. The lowest BCUT2D eigenvalue weighted by molar-refractivity contribution is -1.01. The van der Waals surface area contributed by atoms with E-state index in [0.29, 0.717) is 13.3 Å². The lowest BCUT2D eigenvalue weighted by Crippen LogP contribution is -3.28. The number of imide groups is 1. The molecule has 2 aliphatic heterocycles. The molecule has 2 N–H and O–H groups in total. The number of fused-ring (bicyclic) bond motifs is 1. The Bertz CT molecular complexity index is 691. The van der Waals surface area contributed by atoms with Crippen molar-refractivity contribution in [3.8, 4) is 11.5 Å². The molecule has 7 nitrogen and oxygen atoms in total. The van der Waals surface area contributed by atoms with Crippen molar-refractivity contribution in [3.63, 3.8) is 0 Å². The van der Waals surface area contributed by atoms with E-state index < -0.39 is 0 Å². The van der Waals surface area contributed by atoms with Gasteiger partial charge in [-0.3, -0.25) is 9.59 Å². The second-order valence-corrected chi connectivity index (χ2v) is 8.53. The number of ether oxygens (including phenoxy) is 2. The molecule has 0 bridgehead atoms. The first kappa shape index (κ1) is 20.2. The summed E-state index contributed by atoms with van der Waals surface area (Å²) in [4.78, 5) is 29.8. The Morgan fingerprint density at radius 2 is 1.45 bits per heavy atom. The molecule has 0 radical (unpaired) electrons. The molecular weight excluding hydrogens is 370 g/mol. The van der Waals surface area contributed by atoms with Crippen molar-refractivity contribution in [2.24, 2.45) is 11.8 Å². The molecule has 1 aromatic carbocycles. The van der Waals surface area contributed by atoms with Crippen molar-refractivity contribution >= 4 is 11.8 Å². The maximum absolute atomic E-state index is 12.7. The fourth-order valence-corrected chi connectivity index (χ4v) is 4.96. The van der Waals surface area contributed by atoms with Gasteiger partial charge >= 0.3 is 0 Å².